The third-order valence-electron chi connectivity index (χ3n) is 5.15. The number of aromatic nitrogens is 3. The van der Waals surface area contributed by atoms with Gasteiger partial charge in [0.15, 0.2) is 0 Å². The van der Waals surface area contributed by atoms with Crippen LogP contribution in [0.3, 0.4) is 0 Å². The van der Waals surface area contributed by atoms with Gasteiger partial charge in [0.2, 0.25) is 5.91 Å². The average Bonchev–Trinajstić information content (AvgIpc) is 3.36. The van der Waals surface area contributed by atoms with Gasteiger partial charge in [-0.25, -0.2) is 4.68 Å². The van der Waals surface area contributed by atoms with Crippen molar-refractivity contribution in [1.82, 2.24) is 19.8 Å². The first-order valence-corrected chi connectivity index (χ1v) is 9.33. The minimum absolute atomic E-state index is 0.0461. The number of carbonyl (C=O) groups excluding carboxylic acids is 1. The molecule has 4 rings (SSSR count). The second-order valence-corrected chi connectivity index (χ2v) is 7.32. The highest BCUT2D eigenvalue weighted by Gasteiger charge is 2.28. The second kappa shape index (κ2) is 7.02. The van der Waals surface area contributed by atoms with Crippen molar-refractivity contribution >= 4 is 5.91 Å². The summed E-state index contributed by atoms with van der Waals surface area (Å²) < 4.78 is 7.28. The van der Waals surface area contributed by atoms with Crippen molar-refractivity contribution in [3.63, 3.8) is 0 Å². The van der Waals surface area contributed by atoms with Crippen LogP contribution in [0.15, 0.2) is 40.9 Å². The maximum Gasteiger partial charge on any atom is 0.227 e. The summed E-state index contributed by atoms with van der Waals surface area (Å²) in [6.45, 7) is 4.42. The molecule has 140 valence electrons. The van der Waals surface area contributed by atoms with Crippen LogP contribution in [0.2, 0.25) is 0 Å². The highest BCUT2D eigenvalue weighted by molar-refractivity contribution is 5.79. The van der Waals surface area contributed by atoms with Crippen molar-refractivity contribution in [3.05, 3.63) is 64.8 Å². The van der Waals surface area contributed by atoms with E-state index in [9.17, 15) is 4.79 Å². The van der Waals surface area contributed by atoms with Crippen LogP contribution in [-0.2, 0) is 17.8 Å². The van der Waals surface area contributed by atoms with E-state index in [1.54, 1.807) is 11.9 Å². The molecule has 2 aromatic heterocycles. The fourth-order valence-corrected chi connectivity index (χ4v) is 3.33. The van der Waals surface area contributed by atoms with E-state index in [0.717, 1.165) is 34.1 Å². The van der Waals surface area contributed by atoms with E-state index in [2.05, 4.69) is 10.3 Å². The van der Waals surface area contributed by atoms with E-state index in [1.165, 1.54) is 12.8 Å². The quantitative estimate of drug-likeness (QED) is 0.671. The molecular weight excluding hydrogens is 340 g/mol. The van der Waals surface area contributed by atoms with Crippen molar-refractivity contribution in [3.8, 4) is 5.69 Å². The number of nitrogens with zero attached hydrogens (tertiary/aromatic N) is 4. The molecule has 0 spiro atoms. The molecule has 0 unspecified atom stereocenters. The molecule has 0 aliphatic heterocycles. The van der Waals surface area contributed by atoms with Gasteiger partial charge in [0.05, 0.1) is 24.3 Å². The van der Waals surface area contributed by atoms with Gasteiger partial charge in [-0.3, -0.25) is 4.79 Å². The number of benzene rings is 1. The van der Waals surface area contributed by atoms with E-state index in [-0.39, 0.29) is 5.91 Å². The minimum atomic E-state index is 0.0461. The first kappa shape index (κ1) is 17.5. The number of rotatable bonds is 6. The lowest BCUT2D eigenvalue weighted by molar-refractivity contribution is -0.129. The van der Waals surface area contributed by atoms with Gasteiger partial charge in [-0.05, 0) is 38.8 Å². The summed E-state index contributed by atoms with van der Waals surface area (Å²) >= 11 is 0. The van der Waals surface area contributed by atoms with Gasteiger partial charge in [0.25, 0.3) is 0 Å². The minimum Gasteiger partial charge on any atom is -0.361 e. The number of hydrogen-bond donors (Lipinski definition) is 0. The first-order valence-electron chi connectivity index (χ1n) is 9.33. The Morgan fingerprint density at radius 1 is 1.26 bits per heavy atom. The number of hydrogen-bond acceptors (Lipinski definition) is 4. The number of likely N-dealkylation sites (N-methyl/N-ethyl adjacent to an activating group) is 1. The van der Waals surface area contributed by atoms with E-state index in [4.69, 9.17) is 4.52 Å². The molecule has 0 N–H and O–H groups in total. The van der Waals surface area contributed by atoms with Crippen LogP contribution in [0.1, 0.15) is 47.2 Å². The van der Waals surface area contributed by atoms with Crippen molar-refractivity contribution < 1.29 is 9.32 Å². The molecule has 1 amide bonds. The molecule has 0 atom stereocenters. The fourth-order valence-electron chi connectivity index (χ4n) is 3.33. The topological polar surface area (TPSA) is 64.2 Å². The molecule has 3 aromatic rings. The zero-order chi connectivity index (χ0) is 19.0. The first-order chi connectivity index (χ1) is 13.0. The third kappa shape index (κ3) is 3.65. The Morgan fingerprint density at radius 2 is 2.00 bits per heavy atom. The molecule has 6 heteroatoms. The van der Waals surface area contributed by atoms with Gasteiger partial charge in [-0.1, -0.05) is 23.4 Å². The van der Waals surface area contributed by atoms with Gasteiger partial charge in [-0.2, -0.15) is 5.10 Å². The van der Waals surface area contributed by atoms with E-state index < -0.39 is 0 Å². The number of carbonyl (C=O) groups is 1. The molecule has 0 saturated heterocycles. The molecule has 1 aromatic carbocycles. The standard InChI is InChI=1S/C21H24N4O2/c1-14-19(15(2)25(22-14)18-7-5-4-6-8-18)12-21(26)24(3)13-17-11-20(27-23-17)16-9-10-16/h4-8,11,16H,9-10,12-13H2,1-3H3. The second-order valence-electron chi connectivity index (χ2n) is 7.32. The van der Waals surface area contributed by atoms with Crippen LogP contribution >= 0.6 is 0 Å². The Kier molecular flexibility index (Phi) is 4.56. The van der Waals surface area contributed by atoms with Crippen molar-refractivity contribution in [2.75, 3.05) is 7.05 Å². The molecule has 6 nitrogen and oxygen atoms in total. The summed E-state index contributed by atoms with van der Waals surface area (Å²) in [5, 5.41) is 8.73. The molecule has 1 saturated carbocycles. The van der Waals surface area contributed by atoms with Gasteiger partial charge in [0.1, 0.15) is 11.5 Å². The number of amides is 1. The zero-order valence-electron chi connectivity index (χ0n) is 16.0. The zero-order valence-corrected chi connectivity index (χ0v) is 16.0. The van der Waals surface area contributed by atoms with Gasteiger partial charge >= 0.3 is 0 Å². The van der Waals surface area contributed by atoms with Crippen LogP contribution in [0.25, 0.3) is 5.69 Å². The van der Waals surface area contributed by atoms with Crippen LogP contribution in [0.5, 0.6) is 0 Å². The Hall–Kier alpha value is -2.89. The highest BCUT2D eigenvalue weighted by atomic mass is 16.5. The third-order valence-corrected chi connectivity index (χ3v) is 5.15. The Labute approximate surface area is 158 Å². The van der Waals surface area contributed by atoms with E-state index in [1.807, 2.05) is 54.9 Å². The van der Waals surface area contributed by atoms with Crippen molar-refractivity contribution in [2.45, 2.75) is 45.6 Å². The number of aryl methyl sites for hydroxylation is 1. The van der Waals surface area contributed by atoms with E-state index >= 15 is 0 Å². The Morgan fingerprint density at radius 3 is 2.70 bits per heavy atom. The lowest BCUT2D eigenvalue weighted by Gasteiger charge is -2.15. The van der Waals surface area contributed by atoms with Gasteiger partial charge in [0, 0.05) is 30.3 Å². The van der Waals surface area contributed by atoms with Gasteiger partial charge < -0.3 is 9.42 Å². The normalized spacial score (nSPS) is 13.7. The average molecular weight is 364 g/mol. The summed E-state index contributed by atoms with van der Waals surface area (Å²) in [6, 6.07) is 12.0. The summed E-state index contributed by atoms with van der Waals surface area (Å²) in [5.74, 6) is 1.52. The maximum atomic E-state index is 12.8. The summed E-state index contributed by atoms with van der Waals surface area (Å²) in [5.41, 5.74) is 4.67. The summed E-state index contributed by atoms with van der Waals surface area (Å²) in [7, 11) is 1.81. The smallest absolute Gasteiger partial charge is 0.227 e. The summed E-state index contributed by atoms with van der Waals surface area (Å²) in [6.07, 6.45) is 2.68. The largest absolute Gasteiger partial charge is 0.361 e. The molecule has 1 aliphatic rings. The van der Waals surface area contributed by atoms with Crippen LogP contribution in [0, 0.1) is 13.8 Å². The number of para-hydroxylation sites is 1. The Bertz CT molecular complexity index is 954. The SMILES string of the molecule is Cc1nn(-c2ccccc2)c(C)c1CC(=O)N(C)Cc1cc(C2CC2)on1. The maximum absolute atomic E-state index is 12.8. The molecule has 2 heterocycles. The van der Waals surface area contributed by atoms with Crippen molar-refractivity contribution in [1.29, 1.82) is 0 Å². The Balaban J connectivity index is 1.46. The predicted octanol–water partition coefficient (Wildman–Crippen LogP) is 3.56. The molecule has 1 aliphatic carbocycles. The molecule has 0 bridgehead atoms. The van der Waals surface area contributed by atoms with Crippen LogP contribution in [-0.4, -0.2) is 32.8 Å². The lowest BCUT2D eigenvalue weighted by atomic mass is 10.1. The van der Waals surface area contributed by atoms with E-state index in [0.29, 0.717) is 18.9 Å². The highest BCUT2D eigenvalue weighted by Crippen LogP contribution is 2.40. The lowest BCUT2D eigenvalue weighted by Crippen LogP contribution is -2.28. The van der Waals surface area contributed by atoms with Crippen LogP contribution in [0.4, 0.5) is 0 Å². The molecule has 0 radical (unpaired) electrons. The molecule has 27 heavy (non-hydrogen) atoms. The monoisotopic (exact) mass is 364 g/mol. The molecular formula is C21H24N4O2. The predicted molar refractivity (Wildman–Crippen MR) is 102 cm³/mol. The fraction of sp³-hybridized carbons (Fsp3) is 0.381. The van der Waals surface area contributed by atoms with Crippen LogP contribution < -0.4 is 0 Å². The molecule has 1 fully saturated rings. The summed E-state index contributed by atoms with van der Waals surface area (Å²) in [4.78, 5) is 14.5. The van der Waals surface area contributed by atoms with Crippen molar-refractivity contribution in [2.24, 2.45) is 0 Å². The van der Waals surface area contributed by atoms with Gasteiger partial charge in [-0.15, -0.1) is 0 Å².